The average Bonchev–Trinajstić information content (AvgIpc) is 4.00. The summed E-state index contributed by atoms with van der Waals surface area (Å²) in [6.07, 6.45) is 44.6. The number of nitrogens with zero attached hydrogens (tertiary/aromatic N) is 3. The minimum atomic E-state index is -0.814. The van der Waals surface area contributed by atoms with Crippen molar-refractivity contribution in [2.75, 3.05) is 0 Å². The summed E-state index contributed by atoms with van der Waals surface area (Å²) in [6.45, 7) is 11.8. The van der Waals surface area contributed by atoms with Gasteiger partial charge in [-0.25, -0.2) is 8.78 Å². The van der Waals surface area contributed by atoms with Crippen LogP contribution in [0, 0.1) is 23.5 Å². The smallest absolute Gasteiger partial charge is 0.170 e. The van der Waals surface area contributed by atoms with Crippen molar-refractivity contribution in [3.05, 3.63) is 42.5 Å². The van der Waals surface area contributed by atoms with Crippen LogP contribution in [0.3, 0.4) is 0 Å². The summed E-state index contributed by atoms with van der Waals surface area (Å²) in [5.74, 6) is -0.459. The first-order valence-corrected chi connectivity index (χ1v) is 30.8. The van der Waals surface area contributed by atoms with Crippen LogP contribution in [0.4, 0.5) is 8.78 Å². The van der Waals surface area contributed by atoms with Crippen LogP contribution in [0.25, 0.3) is 31.9 Å². The molecule has 0 fully saturated rings. The Labute approximate surface area is 427 Å². The molecule has 2 unspecified atom stereocenters. The molecule has 3 aromatic heterocycles. The van der Waals surface area contributed by atoms with E-state index in [9.17, 15) is 0 Å². The van der Waals surface area contributed by atoms with E-state index in [1.165, 1.54) is 239 Å². The highest BCUT2D eigenvalue weighted by Crippen LogP contribution is 2.47. The van der Waals surface area contributed by atoms with E-state index < -0.39 is 11.6 Å². The summed E-state index contributed by atoms with van der Waals surface area (Å²) in [7, 11) is 0. The van der Waals surface area contributed by atoms with Crippen molar-refractivity contribution in [1.29, 1.82) is 0 Å². The second-order valence-corrected chi connectivity index (χ2v) is 24.7. The van der Waals surface area contributed by atoms with Gasteiger partial charge in [-0.2, -0.15) is 15.0 Å². The van der Waals surface area contributed by atoms with Crippen molar-refractivity contribution in [1.82, 2.24) is 15.0 Å². The van der Waals surface area contributed by atoms with Crippen LogP contribution < -0.4 is 0 Å². The van der Waals surface area contributed by atoms with Gasteiger partial charge in [-0.05, 0) is 86.2 Å². The Morgan fingerprint density at radius 3 is 1.02 bits per heavy atom. The van der Waals surface area contributed by atoms with E-state index in [4.69, 9.17) is 10.2 Å². The van der Waals surface area contributed by atoms with Crippen LogP contribution >= 0.6 is 54.5 Å². The molecule has 0 aliphatic heterocycles. The number of hydrogen-bond acceptors (Lipinski definition) is 4. The number of rotatable bonds is 40. The topological polar surface area (TPSA) is 30.7 Å². The molecule has 0 spiro atoms. The van der Waals surface area contributed by atoms with Crippen molar-refractivity contribution >= 4 is 65.6 Å². The lowest BCUT2D eigenvalue weighted by Crippen LogP contribution is -2.05. The maximum atomic E-state index is 17.0. The van der Waals surface area contributed by atoms with E-state index in [-0.39, 0.29) is 11.1 Å². The second-order valence-electron chi connectivity index (χ2n) is 20.0. The minimum absolute atomic E-state index is 0.251. The molecular formula is C57H91Br2F2N3S2. The molecule has 0 saturated heterocycles. The molecule has 374 valence electrons. The summed E-state index contributed by atoms with van der Waals surface area (Å²) in [5, 5.41) is 9.82. The third-order valence-electron chi connectivity index (χ3n) is 14.1. The van der Waals surface area contributed by atoms with E-state index in [1.807, 2.05) is 0 Å². The van der Waals surface area contributed by atoms with Gasteiger partial charge in [0.2, 0.25) is 0 Å². The highest BCUT2D eigenvalue weighted by Gasteiger charge is 2.29. The van der Waals surface area contributed by atoms with Gasteiger partial charge in [0.25, 0.3) is 0 Å². The molecule has 0 saturated carbocycles. The van der Waals surface area contributed by atoms with Gasteiger partial charge >= 0.3 is 0 Å². The molecular weight excluding hydrogens is 989 g/mol. The lowest BCUT2D eigenvalue weighted by atomic mass is 9.89. The number of hydrogen-bond donors (Lipinski definition) is 0. The van der Waals surface area contributed by atoms with Gasteiger partial charge < -0.3 is 0 Å². The van der Waals surface area contributed by atoms with E-state index in [0.717, 1.165) is 36.6 Å². The van der Waals surface area contributed by atoms with Gasteiger partial charge in [0, 0.05) is 9.75 Å². The van der Waals surface area contributed by atoms with Crippen LogP contribution in [0.5, 0.6) is 0 Å². The van der Waals surface area contributed by atoms with Gasteiger partial charge in [0.05, 0.1) is 25.2 Å². The fourth-order valence-electron chi connectivity index (χ4n) is 10.1. The number of fused-ring (bicyclic) bond motifs is 1. The number of aromatic nitrogens is 3. The zero-order valence-corrected chi connectivity index (χ0v) is 47.2. The molecule has 0 radical (unpaired) electrons. The number of halogens is 4. The summed E-state index contributed by atoms with van der Waals surface area (Å²) < 4.78 is 36.0. The van der Waals surface area contributed by atoms with Crippen molar-refractivity contribution in [3.8, 4) is 20.9 Å². The molecule has 3 nitrogen and oxygen atoms in total. The summed E-state index contributed by atoms with van der Waals surface area (Å²) in [6, 6.07) is 4.26. The second kappa shape index (κ2) is 34.2. The fraction of sp³-hybridized carbons (Fsp3) is 0.754. The van der Waals surface area contributed by atoms with Crippen LogP contribution in [0.2, 0.25) is 0 Å². The van der Waals surface area contributed by atoms with Gasteiger partial charge in [0.1, 0.15) is 11.0 Å². The Balaban J connectivity index is 1.57. The lowest BCUT2D eigenvalue weighted by molar-refractivity contribution is 0.400. The molecule has 0 aliphatic carbocycles. The first-order chi connectivity index (χ1) is 32.3. The quantitative estimate of drug-likeness (QED) is 0.0416. The normalized spacial score (nSPS) is 12.9. The van der Waals surface area contributed by atoms with Gasteiger partial charge in [-0.1, -0.05) is 240 Å². The van der Waals surface area contributed by atoms with E-state index in [2.05, 4.69) is 78.6 Å². The monoisotopic (exact) mass is 1080 g/mol. The maximum Gasteiger partial charge on any atom is 0.170 e. The van der Waals surface area contributed by atoms with Crippen molar-refractivity contribution < 1.29 is 8.78 Å². The molecule has 0 bridgehead atoms. The molecule has 2 atom stereocenters. The highest BCUT2D eigenvalue weighted by atomic mass is 79.9. The van der Waals surface area contributed by atoms with Crippen molar-refractivity contribution in [2.24, 2.45) is 11.8 Å². The van der Waals surface area contributed by atoms with Gasteiger partial charge in [-0.3, -0.25) is 0 Å². The Morgan fingerprint density at radius 2 is 0.727 bits per heavy atom. The highest BCUT2D eigenvalue weighted by molar-refractivity contribution is 9.11. The predicted molar refractivity (Wildman–Crippen MR) is 295 cm³/mol. The Hall–Kier alpha value is -1.16. The standard InChI is InChI=1S/C57H91Br2F2N3S2/c1-6-11-15-19-23-25-29-33-37-44(35-31-27-21-17-13-8-3)40-46-42-48(65-56(46)58)50-52(60)53(61)51(55-54(50)62-64(63-55)39-10-5)49-43-47(57(59)66-49)41-45(36-32-28-22-18-14-9-4)38-34-30-26-24-20-16-12-7-2/h42-45H,6-41H2,1-5H3. The third kappa shape index (κ3) is 19.9. The van der Waals surface area contributed by atoms with Gasteiger partial charge in [0.15, 0.2) is 11.6 Å². The largest absolute Gasteiger partial charge is 0.203 e. The Bertz CT molecular complexity index is 1760. The number of aryl methyl sites for hydroxylation is 1. The van der Waals surface area contributed by atoms with Gasteiger partial charge in [-0.15, -0.1) is 22.7 Å². The summed E-state index contributed by atoms with van der Waals surface area (Å²) in [5.41, 5.74) is 3.84. The molecule has 0 amide bonds. The summed E-state index contributed by atoms with van der Waals surface area (Å²) >= 11 is 10.9. The fourth-order valence-corrected chi connectivity index (χ4v) is 13.6. The predicted octanol–water partition coefficient (Wildman–Crippen LogP) is 22.0. The van der Waals surface area contributed by atoms with Crippen LogP contribution in [0.1, 0.15) is 258 Å². The van der Waals surface area contributed by atoms with Crippen LogP contribution in [0.15, 0.2) is 19.7 Å². The van der Waals surface area contributed by atoms with E-state index in [1.54, 1.807) is 4.80 Å². The molecule has 9 heteroatoms. The first kappa shape index (κ1) is 57.4. The number of benzene rings is 1. The summed E-state index contributed by atoms with van der Waals surface area (Å²) in [4.78, 5) is 3.11. The molecule has 0 aliphatic rings. The molecule has 0 N–H and O–H groups in total. The minimum Gasteiger partial charge on any atom is -0.203 e. The number of thiophene rings is 2. The van der Waals surface area contributed by atoms with Crippen molar-refractivity contribution in [3.63, 3.8) is 0 Å². The van der Waals surface area contributed by atoms with E-state index >= 15 is 8.78 Å². The third-order valence-corrected chi connectivity index (χ3v) is 18.0. The molecule has 1 aromatic carbocycles. The zero-order valence-electron chi connectivity index (χ0n) is 42.4. The number of unbranched alkanes of at least 4 members (excludes halogenated alkanes) is 24. The molecule has 3 heterocycles. The molecule has 4 rings (SSSR count). The van der Waals surface area contributed by atoms with Crippen LogP contribution in [-0.2, 0) is 19.4 Å². The Morgan fingerprint density at radius 1 is 0.439 bits per heavy atom. The van der Waals surface area contributed by atoms with Crippen LogP contribution in [-0.4, -0.2) is 15.0 Å². The Kier molecular flexibility index (Phi) is 29.8. The molecule has 4 aromatic rings. The average molecular weight is 1080 g/mol. The first-order valence-electron chi connectivity index (χ1n) is 27.6. The lowest BCUT2D eigenvalue weighted by Gasteiger charge is -2.17. The zero-order chi connectivity index (χ0) is 47.4. The van der Waals surface area contributed by atoms with Crippen molar-refractivity contribution in [2.45, 2.75) is 266 Å². The maximum absolute atomic E-state index is 17.0. The SMILES string of the molecule is CCCCCCCCCCC(CCCCCCCC)Cc1cc(-c2c(F)c(F)c(-c3cc(CC(CCCCCCCC)CCCCCCCCCC)c(Br)s3)c3nn(CCC)nc23)sc1Br. The molecule has 66 heavy (non-hydrogen) atoms. The van der Waals surface area contributed by atoms with E-state index in [0.29, 0.717) is 29.4 Å².